The molecule has 10 heteroatoms. The second kappa shape index (κ2) is 6.42. The van der Waals surface area contributed by atoms with Gasteiger partial charge in [-0.25, -0.2) is 0 Å². The van der Waals surface area contributed by atoms with Crippen molar-refractivity contribution in [3.63, 3.8) is 0 Å². The molecule has 0 aliphatic carbocycles. The Kier molecular flexibility index (Phi) is 4.84. The number of thioether (sulfide) groups is 1. The molecular weight excluding hydrogens is 331 g/mol. The van der Waals surface area contributed by atoms with Crippen molar-refractivity contribution in [3.8, 4) is 6.08 Å². The minimum atomic E-state index is -4.08. The molecule has 0 saturated heterocycles. The van der Waals surface area contributed by atoms with Gasteiger partial charge in [0, 0.05) is 10.8 Å². The van der Waals surface area contributed by atoms with Gasteiger partial charge in [0.25, 0.3) is 5.22 Å². The Bertz CT molecular complexity index is 675. The van der Waals surface area contributed by atoms with Crippen LogP contribution in [0.3, 0.4) is 0 Å². The van der Waals surface area contributed by atoms with Gasteiger partial charge in [-0.3, -0.25) is 4.39 Å². The van der Waals surface area contributed by atoms with Gasteiger partial charge >= 0.3 is 16.2 Å². The van der Waals surface area contributed by atoms with E-state index in [1.807, 2.05) is 0 Å². The predicted molar refractivity (Wildman–Crippen MR) is 70.3 cm³/mol. The second-order valence-electron chi connectivity index (χ2n) is 3.36. The number of hydrogen-bond donors (Lipinski definition) is 0. The van der Waals surface area contributed by atoms with Crippen LogP contribution in [0.15, 0.2) is 38.8 Å². The molecular formula is C10H8ClFN2O4S2. The number of nitrogens with zero attached hydrogens (tertiary/aromatic N) is 2. The highest BCUT2D eigenvalue weighted by Gasteiger charge is 2.20. The molecule has 0 bridgehead atoms. The van der Waals surface area contributed by atoms with Crippen molar-refractivity contribution >= 4 is 33.5 Å². The highest BCUT2D eigenvalue weighted by molar-refractivity contribution is 7.99. The Labute approximate surface area is 123 Å². The van der Waals surface area contributed by atoms with Crippen LogP contribution in [0, 0.1) is 0 Å². The number of hydrogen-bond acceptors (Lipinski definition) is 7. The average Bonchev–Trinajstić information content (AvgIpc) is 2.83. The topological polar surface area (TPSA) is 82.3 Å². The summed E-state index contributed by atoms with van der Waals surface area (Å²) in [6, 6.07) is 5.39. The van der Waals surface area contributed by atoms with Gasteiger partial charge in [0.05, 0.1) is 6.67 Å². The molecule has 2 rings (SSSR count). The summed E-state index contributed by atoms with van der Waals surface area (Å²) in [5.74, 6) is 0.131. The summed E-state index contributed by atoms with van der Waals surface area (Å²) in [5, 5.41) is 7.35. The maximum absolute atomic E-state index is 12.0. The van der Waals surface area contributed by atoms with Crippen molar-refractivity contribution < 1.29 is 21.4 Å². The van der Waals surface area contributed by atoms with Crippen molar-refractivity contribution in [1.82, 2.24) is 10.2 Å². The van der Waals surface area contributed by atoms with Crippen LogP contribution in [-0.2, 0) is 10.1 Å². The van der Waals surface area contributed by atoms with E-state index in [1.165, 1.54) is 24.3 Å². The summed E-state index contributed by atoms with van der Waals surface area (Å²) in [6.07, 6.45) is -0.527. The zero-order valence-corrected chi connectivity index (χ0v) is 12.2. The van der Waals surface area contributed by atoms with Gasteiger partial charge < -0.3 is 8.60 Å². The number of rotatable bonds is 6. The summed E-state index contributed by atoms with van der Waals surface area (Å²) in [7, 11) is -4.08. The summed E-state index contributed by atoms with van der Waals surface area (Å²) >= 11 is 6.62. The number of aromatic nitrogens is 2. The Morgan fingerprint density at radius 3 is 2.65 bits per heavy atom. The summed E-state index contributed by atoms with van der Waals surface area (Å²) in [6.45, 7) is -0.563. The van der Waals surface area contributed by atoms with E-state index in [2.05, 4.69) is 14.4 Å². The smallest absolute Gasteiger partial charge is 0.382 e. The van der Waals surface area contributed by atoms with Gasteiger partial charge in [0.1, 0.15) is 4.90 Å². The minimum absolute atomic E-state index is 0.0314. The van der Waals surface area contributed by atoms with E-state index in [0.29, 0.717) is 5.02 Å². The molecule has 1 heterocycles. The molecule has 20 heavy (non-hydrogen) atoms. The molecule has 1 aromatic heterocycles. The van der Waals surface area contributed by atoms with E-state index in [0.717, 1.165) is 11.8 Å². The molecule has 108 valence electrons. The standard InChI is InChI=1S/C10H8ClFN2O4S2/c11-7-1-3-8(4-2-7)20(15,16)18-9-13-14-10(17-9)19-6-5-12/h1-4H,5-6H2. The molecule has 0 fully saturated rings. The Hall–Kier alpha value is -1.32. The number of benzene rings is 1. The second-order valence-corrected chi connectivity index (χ2v) is 6.39. The highest BCUT2D eigenvalue weighted by atomic mass is 35.5. The molecule has 0 aliphatic rings. The molecule has 0 atom stereocenters. The van der Waals surface area contributed by atoms with Crippen molar-refractivity contribution in [2.75, 3.05) is 12.4 Å². The molecule has 0 saturated carbocycles. The van der Waals surface area contributed by atoms with Crippen LogP contribution in [0.1, 0.15) is 0 Å². The van der Waals surface area contributed by atoms with Gasteiger partial charge in [-0.15, -0.1) is 0 Å². The molecule has 0 aliphatic heterocycles. The third-order valence-corrected chi connectivity index (χ3v) is 4.21. The molecule has 0 unspecified atom stereocenters. The largest absolute Gasteiger partial charge is 0.431 e. The van der Waals surface area contributed by atoms with Crippen molar-refractivity contribution in [1.29, 1.82) is 0 Å². The van der Waals surface area contributed by atoms with Gasteiger partial charge in [0.2, 0.25) is 0 Å². The normalized spacial score (nSPS) is 11.5. The fourth-order valence-corrected chi connectivity index (χ4v) is 2.59. The highest BCUT2D eigenvalue weighted by Crippen LogP contribution is 2.23. The maximum atomic E-state index is 12.0. The Morgan fingerprint density at radius 2 is 2.00 bits per heavy atom. The molecule has 6 nitrogen and oxygen atoms in total. The fraction of sp³-hybridized carbons (Fsp3) is 0.200. The van der Waals surface area contributed by atoms with Crippen molar-refractivity contribution in [3.05, 3.63) is 29.3 Å². The molecule has 0 N–H and O–H groups in total. The van der Waals surface area contributed by atoms with Crippen LogP contribution in [0.5, 0.6) is 6.08 Å². The van der Waals surface area contributed by atoms with E-state index < -0.39 is 22.9 Å². The lowest BCUT2D eigenvalue weighted by atomic mass is 10.4. The predicted octanol–water partition coefficient (Wildman–Crippen LogP) is 2.55. The quantitative estimate of drug-likeness (QED) is 0.591. The number of alkyl halides is 1. The lowest BCUT2D eigenvalue weighted by Crippen LogP contribution is -2.09. The molecule has 2 aromatic rings. The van der Waals surface area contributed by atoms with Gasteiger partial charge in [0.15, 0.2) is 0 Å². The minimum Gasteiger partial charge on any atom is -0.382 e. The van der Waals surface area contributed by atoms with E-state index in [9.17, 15) is 12.8 Å². The van der Waals surface area contributed by atoms with Crippen molar-refractivity contribution in [2.24, 2.45) is 0 Å². The summed E-state index contributed by atoms with van der Waals surface area (Å²) in [5.41, 5.74) is 0. The van der Waals surface area contributed by atoms with E-state index in [1.54, 1.807) is 0 Å². The van der Waals surface area contributed by atoms with Crippen molar-refractivity contribution in [2.45, 2.75) is 10.1 Å². The van der Waals surface area contributed by atoms with E-state index in [-0.39, 0.29) is 15.9 Å². The average molecular weight is 339 g/mol. The molecule has 0 radical (unpaired) electrons. The fourth-order valence-electron chi connectivity index (χ4n) is 1.16. The zero-order chi connectivity index (χ0) is 14.6. The Morgan fingerprint density at radius 1 is 1.30 bits per heavy atom. The van der Waals surface area contributed by atoms with Crippen LogP contribution >= 0.6 is 23.4 Å². The lowest BCUT2D eigenvalue weighted by molar-refractivity contribution is 0.333. The first-order chi connectivity index (χ1) is 9.51. The molecule has 1 aromatic carbocycles. The van der Waals surface area contributed by atoms with E-state index >= 15 is 0 Å². The van der Waals surface area contributed by atoms with Crippen LogP contribution < -0.4 is 4.18 Å². The first-order valence-corrected chi connectivity index (χ1v) is 8.01. The monoisotopic (exact) mass is 338 g/mol. The van der Waals surface area contributed by atoms with E-state index in [4.69, 9.17) is 16.0 Å². The first kappa shape index (κ1) is 15.1. The summed E-state index contributed by atoms with van der Waals surface area (Å²) in [4.78, 5) is -0.0990. The number of halogens is 2. The first-order valence-electron chi connectivity index (χ1n) is 5.23. The third kappa shape index (κ3) is 3.84. The summed E-state index contributed by atoms with van der Waals surface area (Å²) < 4.78 is 45.3. The zero-order valence-electron chi connectivity index (χ0n) is 9.82. The molecule has 0 spiro atoms. The SMILES string of the molecule is O=S(=O)(Oc1nnc(SCCF)o1)c1ccc(Cl)cc1. The third-order valence-electron chi connectivity index (χ3n) is 1.97. The molecule has 0 amide bonds. The van der Waals surface area contributed by atoms with Crippen LogP contribution in [0.2, 0.25) is 5.02 Å². The Balaban J connectivity index is 2.12. The van der Waals surface area contributed by atoms with Gasteiger partial charge in [-0.2, -0.15) is 8.42 Å². The van der Waals surface area contributed by atoms with Crippen LogP contribution in [0.4, 0.5) is 4.39 Å². The maximum Gasteiger partial charge on any atom is 0.431 e. The van der Waals surface area contributed by atoms with Gasteiger partial charge in [-0.05, 0) is 24.3 Å². The van der Waals surface area contributed by atoms with Crippen LogP contribution in [0.25, 0.3) is 0 Å². The van der Waals surface area contributed by atoms with Gasteiger partial charge in [-0.1, -0.05) is 33.6 Å². The van der Waals surface area contributed by atoms with Crippen LogP contribution in [-0.4, -0.2) is 31.0 Å². The lowest BCUT2D eigenvalue weighted by Gasteiger charge is -2.02.